The number of anilines is 1. The molecule has 0 radical (unpaired) electrons. The SMILES string of the molecule is CC(=O)SCC(O)C(O)c1ccc(NC(=O)CCl)cc1. The Bertz CT molecular complexity index is 466. The number of hydrogen-bond donors (Lipinski definition) is 3. The number of hydrogen-bond acceptors (Lipinski definition) is 5. The summed E-state index contributed by atoms with van der Waals surface area (Å²) in [4.78, 5) is 21.9. The molecule has 0 aliphatic heterocycles. The van der Waals surface area contributed by atoms with Gasteiger partial charge in [-0.15, -0.1) is 11.6 Å². The number of nitrogens with one attached hydrogen (secondary N) is 1. The summed E-state index contributed by atoms with van der Waals surface area (Å²) in [6, 6.07) is 6.40. The van der Waals surface area contributed by atoms with Gasteiger partial charge in [0, 0.05) is 18.4 Å². The Morgan fingerprint density at radius 1 is 1.30 bits per heavy atom. The molecule has 2 unspecified atom stereocenters. The van der Waals surface area contributed by atoms with Crippen LogP contribution in [-0.2, 0) is 9.59 Å². The first-order valence-electron chi connectivity index (χ1n) is 5.89. The van der Waals surface area contributed by atoms with E-state index in [1.165, 1.54) is 6.92 Å². The number of rotatable bonds is 6. The van der Waals surface area contributed by atoms with Crippen LogP contribution in [0.15, 0.2) is 24.3 Å². The highest BCUT2D eigenvalue weighted by atomic mass is 35.5. The van der Waals surface area contributed by atoms with Gasteiger partial charge in [0.25, 0.3) is 0 Å². The van der Waals surface area contributed by atoms with Crippen molar-refractivity contribution in [2.45, 2.75) is 19.1 Å². The summed E-state index contributed by atoms with van der Waals surface area (Å²) in [5.41, 5.74) is 1.06. The molecule has 0 aliphatic carbocycles. The van der Waals surface area contributed by atoms with Crippen LogP contribution in [0, 0.1) is 0 Å². The van der Waals surface area contributed by atoms with E-state index in [1.807, 2.05) is 0 Å². The molecule has 20 heavy (non-hydrogen) atoms. The lowest BCUT2D eigenvalue weighted by molar-refractivity contribution is -0.114. The van der Waals surface area contributed by atoms with E-state index in [0.717, 1.165) is 11.8 Å². The lowest BCUT2D eigenvalue weighted by Crippen LogP contribution is -2.21. The minimum absolute atomic E-state index is 0.115. The Kier molecular flexibility index (Phi) is 7.01. The highest BCUT2D eigenvalue weighted by molar-refractivity contribution is 8.13. The molecular weight excluding hydrogens is 302 g/mol. The van der Waals surface area contributed by atoms with E-state index >= 15 is 0 Å². The monoisotopic (exact) mass is 317 g/mol. The maximum atomic E-state index is 11.1. The molecule has 0 heterocycles. The standard InChI is InChI=1S/C13H16ClNO4S/c1-8(16)20-7-11(17)13(19)9-2-4-10(5-3-9)15-12(18)6-14/h2-5,11,13,17,19H,6-7H2,1H3,(H,15,18). The van der Waals surface area contributed by atoms with Crippen molar-refractivity contribution in [3.63, 3.8) is 0 Å². The van der Waals surface area contributed by atoms with Gasteiger partial charge in [-0.05, 0) is 17.7 Å². The van der Waals surface area contributed by atoms with Gasteiger partial charge in [0.2, 0.25) is 5.91 Å². The zero-order valence-corrected chi connectivity index (χ0v) is 12.4. The van der Waals surface area contributed by atoms with Crippen molar-refractivity contribution in [2.24, 2.45) is 0 Å². The molecule has 7 heteroatoms. The maximum Gasteiger partial charge on any atom is 0.239 e. The van der Waals surface area contributed by atoms with Crippen LogP contribution in [0.5, 0.6) is 0 Å². The predicted octanol–water partition coefficient (Wildman–Crippen LogP) is 1.54. The second-order valence-corrected chi connectivity index (χ2v) is 5.58. The molecule has 0 aliphatic rings. The van der Waals surface area contributed by atoms with Crippen molar-refractivity contribution < 1.29 is 19.8 Å². The van der Waals surface area contributed by atoms with Crippen molar-refractivity contribution in [3.8, 4) is 0 Å². The fourth-order valence-electron chi connectivity index (χ4n) is 1.47. The van der Waals surface area contributed by atoms with Crippen molar-refractivity contribution in [1.29, 1.82) is 0 Å². The van der Waals surface area contributed by atoms with Gasteiger partial charge in [0.15, 0.2) is 5.12 Å². The van der Waals surface area contributed by atoms with Crippen LogP contribution >= 0.6 is 23.4 Å². The maximum absolute atomic E-state index is 11.1. The van der Waals surface area contributed by atoms with Crippen LogP contribution in [0.2, 0.25) is 0 Å². The van der Waals surface area contributed by atoms with Gasteiger partial charge in [0.1, 0.15) is 12.0 Å². The Morgan fingerprint density at radius 2 is 1.90 bits per heavy atom. The molecule has 2 atom stereocenters. The third kappa shape index (κ3) is 5.50. The highest BCUT2D eigenvalue weighted by Crippen LogP contribution is 2.21. The molecule has 0 saturated heterocycles. The molecule has 0 bridgehead atoms. The Morgan fingerprint density at radius 3 is 2.40 bits per heavy atom. The van der Waals surface area contributed by atoms with E-state index in [1.54, 1.807) is 24.3 Å². The van der Waals surface area contributed by atoms with Crippen molar-refractivity contribution in [3.05, 3.63) is 29.8 Å². The molecule has 0 saturated carbocycles. The quantitative estimate of drug-likeness (QED) is 0.693. The van der Waals surface area contributed by atoms with Crippen molar-refractivity contribution in [2.75, 3.05) is 16.9 Å². The van der Waals surface area contributed by atoms with Gasteiger partial charge in [-0.2, -0.15) is 0 Å². The van der Waals surface area contributed by atoms with E-state index in [4.69, 9.17) is 11.6 Å². The van der Waals surface area contributed by atoms with Gasteiger partial charge in [-0.3, -0.25) is 9.59 Å². The molecule has 1 aromatic rings. The zero-order chi connectivity index (χ0) is 15.1. The molecule has 1 rings (SSSR count). The smallest absolute Gasteiger partial charge is 0.239 e. The molecule has 1 aromatic carbocycles. The minimum atomic E-state index is -1.08. The number of aliphatic hydroxyl groups is 2. The van der Waals surface area contributed by atoms with Crippen LogP contribution in [0.3, 0.4) is 0 Å². The first kappa shape index (κ1) is 17.0. The number of halogens is 1. The third-order valence-electron chi connectivity index (χ3n) is 2.48. The number of carbonyl (C=O) groups excluding carboxylic acids is 2. The first-order chi connectivity index (χ1) is 9.43. The molecule has 0 spiro atoms. The van der Waals surface area contributed by atoms with Crippen LogP contribution in [0.25, 0.3) is 0 Å². The summed E-state index contributed by atoms with van der Waals surface area (Å²) in [7, 11) is 0. The van der Waals surface area contributed by atoms with Gasteiger partial charge >= 0.3 is 0 Å². The van der Waals surface area contributed by atoms with E-state index in [0.29, 0.717) is 11.3 Å². The second-order valence-electron chi connectivity index (χ2n) is 4.12. The molecule has 5 nitrogen and oxygen atoms in total. The normalized spacial score (nSPS) is 13.6. The molecule has 1 amide bonds. The number of aliphatic hydroxyl groups excluding tert-OH is 2. The van der Waals surface area contributed by atoms with Crippen molar-refractivity contribution in [1.82, 2.24) is 0 Å². The molecule has 3 N–H and O–H groups in total. The van der Waals surface area contributed by atoms with Crippen LogP contribution < -0.4 is 5.32 Å². The molecule has 110 valence electrons. The largest absolute Gasteiger partial charge is 0.389 e. The topological polar surface area (TPSA) is 86.6 Å². The average Bonchev–Trinajstić information content (AvgIpc) is 2.44. The van der Waals surface area contributed by atoms with Crippen molar-refractivity contribution >= 4 is 40.1 Å². The van der Waals surface area contributed by atoms with E-state index in [2.05, 4.69) is 5.32 Å². The van der Waals surface area contributed by atoms with Crippen LogP contribution in [0.1, 0.15) is 18.6 Å². The van der Waals surface area contributed by atoms with Gasteiger partial charge in [-0.1, -0.05) is 23.9 Å². The van der Waals surface area contributed by atoms with Crippen LogP contribution in [0.4, 0.5) is 5.69 Å². The lowest BCUT2D eigenvalue weighted by atomic mass is 10.1. The zero-order valence-electron chi connectivity index (χ0n) is 10.9. The number of thioether (sulfide) groups is 1. The summed E-state index contributed by atoms with van der Waals surface area (Å²) in [5, 5.41) is 22.1. The van der Waals surface area contributed by atoms with E-state index in [-0.39, 0.29) is 22.7 Å². The number of alkyl halides is 1. The number of benzene rings is 1. The summed E-state index contributed by atoms with van der Waals surface area (Å²) < 4.78 is 0. The summed E-state index contributed by atoms with van der Waals surface area (Å²) in [6.45, 7) is 1.40. The lowest BCUT2D eigenvalue weighted by Gasteiger charge is -2.17. The second kappa shape index (κ2) is 8.26. The number of carbonyl (C=O) groups is 2. The summed E-state index contributed by atoms with van der Waals surface area (Å²) in [6.07, 6.45) is -2.12. The molecular formula is C13H16ClNO4S. The summed E-state index contributed by atoms with van der Waals surface area (Å²) >= 11 is 6.33. The predicted molar refractivity (Wildman–Crippen MR) is 79.9 cm³/mol. The Labute approximate surface area is 126 Å². The fraction of sp³-hybridized carbons (Fsp3) is 0.385. The Balaban J connectivity index is 2.62. The van der Waals surface area contributed by atoms with E-state index in [9.17, 15) is 19.8 Å². The fourth-order valence-corrected chi connectivity index (χ4v) is 2.13. The summed E-state index contributed by atoms with van der Waals surface area (Å²) in [5.74, 6) is -0.329. The number of amides is 1. The molecule has 0 aromatic heterocycles. The minimum Gasteiger partial charge on any atom is -0.389 e. The molecule has 0 fully saturated rings. The van der Waals surface area contributed by atoms with Gasteiger partial charge in [-0.25, -0.2) is 0 Å². The third-order valence-corrected chi connectivity index (χ3v) is 3.64. The average molecular weight is 318 g/mol. The Hall–Kier alpha value is -1.08. The van der Waals surface area contributed by atoms with Crippen LogP contribution in [-0.4, -0.2) is 39.0 Å². The van der Waals surface area contributed by atoms with E-state index < -0.39 is 12.2 Å². The highest BCUT2D eigenvalue weighted by Gasteiger charge is 2.19. The van der Waals surface area contributed by atoms with Gasteiger partial charge in [0.05, 0.1) is 6.10 Å². The van der Waals surface area contributed by atoms with Gasteiger partial charge < -0.3 is 15.5 Å². The first-order valence-corrected chi connectivity index (χ1v) is 7.41.